The molecule has 0 bridgehead atoms. The molecule has 1 N–H and O–H groups in total. The van der Waals surface area contributed by atoms with Gasteiger partial charge < -0.3 is 0 Å². The molecular weight excluding hydrogens is 336 g/mol. The summed E-state index contributed by atoms with van der Waals surface area (Å²) in [4.78, 5) is 20.7. The van der Waals surface area contributed by atoms with E-state index in [1.54, 1.807) is 0 Å². The van der Waals surface area contributed by atoms with Crippen LogP contribution in [0.4, 0.5) is 17.1 Å². The van der Waals surface area contributed by atoms with Crippen molar-refractivity contribution >= 4 is 22.8 Å². The summed E-state index contributed by atoms with van der Waals surface area (Å²) in [6.45, 7) is 2.11. The van der Waals surface area contributed by atoms with E-state index in [9.17, 15) is 20.2 Å². The molecule has 0 fully saturated rings. The molecule has 8 nitrogen and oxygen atoms in total. The number of nitro benzene ring substituents is 2. The second-order valence-corrected chi connectivity index (χ2v) is 5.71. The summed E-state index contributed by atoms with van der Waals surface area (Å²) in [6.07, 6.45) is 3.81. The molecule has 0 radical (unpaired) electrons. The third kappa shape index (κ3) is 5.10. The molecular formula is C18H20N4O4. The molecule has 0 spiro atoms. The third-order valence-electron chi connectivity index (χ3n) is 3.82. The number of nitro groups is 2. The van der Waals surface area contributed by atoms with Crippen LogP contribution in [0.5, 0.6) is 0 Å². The lowest BCUT2D eigenvalue weighted by molar-refractivity contribution is -0.393. The SMILES string of the molecule is CCCCC/C(=N/Nc1ccc([N+](=O)[O-])cc1[N+](=O)[O-])c1ccccc1. The van der Waals surface area contributed by atoms with Crippen molar-refractivity contribution < 1.29 is 9.85 Å². The molecule has 2 aromatic carbocycles. The standard InChI is InChI=1S/C18H20N4O4/c1-2-3-5-10-16(14-8-6-4-7-9-14)19-20-17-12-11-15(21(23)24)13-18(17)22(25)26/h4,6-9,11-13,20H,2-3,5,10H2,1H3/b19-16-. The largest absolute Gasteiger partial charge is 0.301 e. The molecule has 0 unspecified atom stereocenters. The Bertz CT molecular complexity index is 806. The summed E-state index contributed by atoms with van der Waals surface area (Å²) in [5.41, 5.74) is 3.82. The van der Waals surface area contributed by atoms with Crippen LogP contribution in [0.15, 0.2) is 53.6 Å². The van der Waals surface area contributed by atoms with Gasteiger partial charge in [0.1, 0.15) is 5.69 Å². The minimum atomic E-state index is -0.666. The van der Waals surface area contributed by atoms with Crippen molar-refractivity contribution in [1.29, 1.82) is 0 Å². The van der Waals surface area contributed by atoms with Crippen LogP contribution in [-0.4, -0.2) is 15.6 Å². The second kappa shape index (κ2) is 9.26. The fourth-order valence-electron chi connectivity index (χ4n) is 2.44. The van der Waals surface area contributed by atoms with E-state index in [1.165, 1.54) is 12.1 Å². The van der Waals surface area contributed by atoms with Crippen LogP contribution in [0, 0.1) is 20.2 Å². The molecule has 136 valence electrons. The van der Waals surface area contributed by atoms with Gasteiger partial charge in [-0.2, -0.15) is 5.10 Å². The predicted octanol–water partition coefficient (Wildman–Crippen LogP) is 4.90. The third-order valence-corrected chi connectivity index (χ3v) is 3.82. The highest BCUT2D eigenvalue weighted by Gasteiger charge is 2.19. The number of unbranched alkanes of at least 4 members (excludes halogenated alkanes) is 2. The van der Waals surface area contributed by atoms with Crippen molar-refractivity contribution in [3.63, 3.8) is 0 Å². The van der Waals surface area contributed by atoms with Crippen LogP contribution in [0.2, 0.25) is 0 Å². The number of anilines is 1. The molecule has 2 aromatic rings. The lowest BCUT2D eigenvalue weighted by Crippen LogP contribution is -2.06. The van der Waals surface area contributed by atoms with Gasteiger partial charge in [0.25, 0.3) is 5.69 Å². The van der Waals surface area contributed by atoms with E-state index in [-0.39, 0.29) is 17.1 Å². The Labute approximate surface area is 150 Å². The van der Waals surface area contributed by atoms with Gasteiger partial charge >= 0.3 is 5.69 Å². The van der Waals surface area contributed by atoms with Crippen LogP contribution in [0.1, 0.15) is 38.2 Å². The summed E-state index contributed by atoms with van der Waals surface area (Å²) in [5.74, 6) is 0. The van der Waals surface area contributed by atoms with Gasteiger partial charge in [0, 0.05) is 6.07 Å². The molecule has 0 aromatic heterocycles. The molecule has 0 aliphatic carbocycles. The van der Waals surface area contributed by atoms with Gasteiger partial charge in [-0.05, 0) is 24.5 Å². The maximum absolute atomic E-state index is 11.2. The molecule has 2 rings (SSSR count). The van der Waals surface area contributed by atoms with E-state index in [1.807, 2.05) is 30.3 Å². The van der Waals surface area contributed by atoms with Gasteiger partial charge in [0.05, 0.1) is 21.6 Å². The van der Waals surface area contributed by atoms with Crippen molar-refractivity contribution in [3.8, 4) is 0 Å². The summed E-state index contributed by atoms with van der Waals surface area (Å²) < 4.78 is 0. The quantitative estimate of drug-likeness (QED) is 0.297. The smallest absolute Gasteiger partial charge is 0.271 e. The van der Waals surface area contributed by atoms with E-state index < -0.39 is 9.85 Å². The Morgan fingerprint density at radius 1 is 1.04 bits per heavy atom. The Kier molecular flexibility index (Phi) is 6.78. The van der Waals surface area contributed by atoms with Gasteiger partial charge in [0.15, 0.2) is 0 Å². The summed E-state index contributed by atoms with van der Waals surface area (Å²) in [5, 5.41) is 26.4. The van der Waals surface area contributed by atoms with Gasteiger partial charge in [-0.25, -0.2) is 0 Å². The molecule has 0 aliphatic heterocycles. The van der Waals surface area contributed by atoms with Crippen LogP contribution < -0.4 is 5.43 Å². The zero-order valence-electron chi connectivity index (χ0n) is 14.4. The number of nitrogens with one attached hydrogen (secondary N) is 1. The Balaban J connectivity index is 2.30. The molecule has 0 atom stereocenters. The van der Waals surface area contributed by atoms with Crippen LogP contribution in [0.3, 0.4) is 0 Å². The van der Waals surface area contributed by atoms with E-state index in [0.29, 0.717) is 0 Å². The van der Waals surface area contributed by atoms with Gasteiger partial charge in [-0.3, -0.25) is 25.7 Å². The van der Waals surface area contributed by atoms with E-state index in [4.69, 9.17) is 0 Å². The Morgan fingerprint density at radius 3 is 2.38 bits per heavy atom. The topological polar surface area (TPSA) is 111 Å². The zero-order valence-corrected chi connectivity index (χ0v) is 14.4. The van der Waals surface area contributed by atoms with Crippen LogP contribution >= 0.6 is 0 Å². The zero-order chi connectivity index (χ0) is 18.9. The maximum Gasteiger partial charge on any atom is 0.301 e. The van der Waals surface area contributed by atoms with Crippen molar-refractivity contribution in [2.45, 2.75) is 32.6 Å². The van der Waals surface area contributed by atoms with Crippen molar-refractivity contribution in [2.24, 2.45) is 5.10 Å². The highest BCUT2D eigenvalue weighted by molar-refractivity contribution is 6.01. The highest BCUT2D eigenvalue weighted by atomic mass is 16.6. The van der Waals surface area contributed by atoms with E-state index in [0.717, 1.165) is 43.0 Å². The molecule has 0 heterocycles. The fraction of sp³-hybridized carbons (Fsp3) is 0.278. The van der Waals surface area contributed by atoms with Gasteiger partial charge in [0.2, 0.25) is 0 Å². The van der Waals surface area contributed by atoms with Crippen LogP contribution in [-0.2, 0) is 0 Å². The number of hydrazone groups is 1. The summed E-state index contributed by atoms with van der Waals surface area (Å²) in [6, 6.07) is 13.0. The predicted molar refractivity (Wildman–Crippen MR) is 100 cm³/mol. The average Bonchev–Trinajstić information content (AvgIpc) is 2.65. The monoisotopic (exact) mass is 356 g/mol. The number of benzene rings is 2. The molecule has 8 heteroatoms. The number of rotatable bonds is 9. The molecule has 0 aliphatic rings. The minimum absolute atomic E-state index is 0.115. The highest BCUT2D eigenvalue weighted by Crippen LogP contribution is 2.29. The average molecular weight is 356 g/mol. The number of nitrogens with zero attached hydrogens (tertiary/aromatic N) is 3. The van der Waals surface area contributed by atoms with Crippen molar-refractivity contribution in [1.82, 2.24) is 0 Å². The molecule has 0 amide bonds. The number of hydrogen-bond acceptors (Lipinski definition) is 6. The molecule has 26 heavy (non-hydrogen) atoms. The van der Waals surface area contributed by atoms with E-state index >= 15 is 0 Å². The number of hydrogen-bond donors (Lipinski definition) is 1. The summed E-state index contributed by atoms with van der Waals surface area (Å²) >= 11 is 0. The maximum atomic E-state index is 11.2. The number of non-ortho nitro benzene ring substituents is 1. The fourth-order valence-corrected chi connectivity index (χ4v) is 2.44. The Hall–Kier alpha value is -3.29. The summed E-state index contributed by atoms with van der Waals surface area (Å²) in [7, 11) is 0. The van der Waals surface area contributed by atoms with Crippen molar-refractivity contribution in [2.75, 3.05) is 5.43 Å². The van der Waals surface area contributed by atoms with Crippen molar-refractivity contribution in [3.05, 3.63) is 74.3 Å². The second-order valence-electron chi connectivity index (χ2n) is 5.71. The van der Waals surface area contributed by atoms with Gasteiger partial charge in [-0.15, -0.1) is 0 Å². The minimum Gasteiger partial charge on any atom is -0.271 e. The Morgan fingerprint density at radius 2 is 1.77 bits per heavy atom. The van der Waals surface area contributed by atoms with E-state index in [2.05, 4.69) is 17.5 Å². The molecule has 0 saturated carbocycles. The lowest BCUT2D eigenvalue weighted by Gasteiger charge is -2.08. The first-order chi connectivity index (χ1) is 12.5. The first-order valence-corrected chi connectivity index (χ1v) is 8.33. The molecule has 0 saturated heterocycles. The lowest BCUT2D eigenvalue weighted by atomic mass is 10.0. The first-order valence-electron chi connectivity index (χ1n) is 8.33. The van der Waals surface area contributed by atoms with Crippen LogP contribution in [0.25, 0.3) is 0 Å². The van der Waals surface area contributed by atoms with Gasteiger partial charge in [-0.1, -0.05) is 50.1 Å². The first kappa shape index (κ1) is 19.0. The normalized spacial score (nSPS) is 11.2.